The molecule has 0 saturated carbocycles. The zero-order valence-corrected chi connectivity index (χ0v) is 12.1. The van der Waals surface area contributed by atoms with Crippen LogP contribution in [0.4, 0.5) is 5.95 Å². The minimum absolute atomic E-state index is 0.462. The van der Waals surface area contributed by atoms with Crippen LogP contribution in [0.15, 0.2) is 12.4 Å². The predicted molar refractivity (Wildman–Crippen MR) is 76.1 cm³/mol. The van der Waals surface area contributed by atoms with Crippen LogP contribution in [0.1, 0.15) is 39.2 Å². The maximum atomic E-state index is 9.93. The summed E-state index contributed by atoms with van der Waals surface area (Å²) in [5, 5.41) is 13.3. The SMILES string of the molecule is CC(C)NCc1cnc(N2CCC(C)(O)CC2)nc1. The van der Waals surface area contributed by atoms with E-state index in [2.05, 4.69) is 34.0 Å². The van der Waals surface area contributed by atoms with E-state index in [0.29, 0.717) is 6.04 Å². The molecule has 0 unspecified atom stereocenters. The zero-order valence-electron chi connectivity index (χ0n) is 12.1. The molecule has 0 bridgehead atoms. The molecular formula is C14H24N4O. The van der Waals surface area contributed by atoms with Crippen LogP contribution in [-0.4, -0.2) is 39.8 Å². The topological polar surface area (TPSA) is 61.3 Å². The molecule has 106 valence electrons. The number of rotatable bonds is 4. The largest absolute Gasteiger partial charge is 0.390 e. The van der Waals surface area contributed by atoms with Gasteiger partial charge in [-0.2, -0.15) is 0 Å². The van der Waals surface area contributed by atoms with Crippen LogP contribution in [0.3, 0.4) is 0 Å². The van der Waals surface area contributed by atoms with Gasteiger partial charge in [-0.25, -0.2) is 9.97 Å². The van der Waals surface area contributed by atoms with E-state index < -0.39 is 5.60 Å². The van der Waals surface area contributed by atoms with Crippen molar-refractivity contribution in [3.8, 4) is 0 Å². The molecule has 0 aliphatic carbocycles. The standard InChI is InChI=1S/C14H24N4O/c1-11(2)15-8-12-9-16-13(17-10-12)18-6-4-14(3,19)5-7-18/h9-11,15,19H,4-8H2,1-3H3. The van der Waals surface area contributed by atoms with Crippen molar-refractivity contribution in [2.45, 2.75) is 51.8 Å². The Labute approximate surface area is 115 Å². The highest BCUT2D eigenvalue weighted by molar-refractivity contribution is 5.31. The van der Waals surface area contributed by atoms with Crippen molar-refractivity contribution in [3.05, 3.63) is 18.0 Å². The van der Waals surface area contributed by atoms with E-state index in [1.807, 2.05) is 19.3 Å². The fourth-order valence-electron chi connectivity index (χ4n) is 2.11. The van der Waals surface area contributed by atoms with E-state index in [9.17, 15) is 5.11 Å². The van der Waals surface area contributed by atoms with Crippen LogP contribution < -0.4 is 10.2 Å². The third-order valence-electron chi connectivity index (χ3n) is 3.53. The van der Waals surface area contributed by atoms with Gasteiger partial charge in [0.05, 0.1) is 5.60 Å². The number of hydrogen-bond donors (Lipinski definition) is 2. The number of aliphatic hydroxyl groups is 1. The maximum Gasteiger partial charge on any atom is 0.225 e. The summed E-state index contributed by atoms with van der Waals surface area (Å²) < 4.78 is 0. The van der Waals surface area contributed by atoms with Gasteiger partial charge < -0.3 is 15.3 Å². The fourth-order valence-corrected chi connectivity index (χ4v) is 2.11. The molecule has 0 spiro atoms. The van der Waals surface area contributed by atoms with Crippen molar-refractivity contribution in [3.63, 3.8) is 0 Å². The number of hydrogen-bond acceptors (Lipinski definition) is 5. The van der Waals surface area contributed by atoms with Gasteiger partial charge in [0.2, 0.25) is 5.95 Å². The highest BCUT2D eigenvalue weighted by Gasteiger charge is 2.28. The molecule has 5 heteroatoms. The van der Waals surface area contributed by atoms with Gasteiger partial charge in [-0.3, -0.25) is 0 Å². The van der Waals surface area contributed by atoms with Crippen molar-refractivity contribution in [1.29, 1.82) is 0 Å². The summed E-state index contributed by atoms with van der Waals surface area (Å²) in [5.41, 5.74) is 0.568. The summed E-state index contributed by atoms with van der Waals surface area (Å²) in [6.45, 7) is 8.56. The predicted octanol–water partition coefficient (Wildman–Crippen LogP) is 1.33. The van der Waals surface area contributed by atoms with E-state index in [4.69, 9.17) is 0 Å². The summed E-state index contributed by atoms with van der Waals surface area (Å²) in [7, 11) is 0. The third kappa shape index (κ3) is 4.14. The van der Waals surface area contributed by atoms with Crippen molar-refractivity contribution in [2.75, 3.05) is 18.0 Å². The fraction of sp³-hybridized carbons (Fsp3) is 0.714. The van der Waals surface area contributed by atoms with Gasteiger partial charge in [0.15, 0.2) is 0 Å². The van der Waals surface area contributed by atoms with Gasteiger partial charge in [0.25, 0.3) is 0 Å². The molecule has 0 aromatic carbocycles. The monoisotopic (exact) mass is 264 g/mol. The van der Waals surface area contributed by atoms with E-state index in [1.54, 1.807) is 0 Å². The molecule has 19 heavy (non-hydrogen) atoms. The highest BCUT2D eigenvalue weighted by atomic mass is 16.3. The van der Waals surface area contributed by atoms with Crippen LogP contribution >= 0.6 is 0 Å². The Kier molecular flexibility index (Phi) is 4.37. The van der Waals surface area contributed by atoms with Crippen LogP contribution in [0.25, 0.3) is 0 Å². The Morgan fingerprint density at radius 1 is 1.32 bits per heavy atom. The van der Waals surface area contributed by atoms with Crippen LogP contribution in [0.2, 0.25) is 0 Å². The molecule has 1 aromatic heterocycles. The smallest absolute Gasteiger partial charge is 0.225 e. The molecule has 1 aliphatic rings. The Bertz CT molecular complexity index is 392. The van der Waals surface area contributed by atoms with E-state index in [-0.39, 0.29) is 0 Å². The minimum Gasteiger partial charge on any atom is -0.390 e. The van der Waals surface area contributed by atoms with Gasteiger partial charge in [-0.15, -0.1) is 0 Å². The number of nitrogens with one attached hydrogen (secondary N) is 1. The Morgan fingerprint density at radius 2 is 1.89 bits per heavy atom. The molecule has 2 N–H and O–H groups in total. The van der Waals surface area contributed by atoms with Crippen LogP contribution in [0, 0.1) is 0 Å². The van der Waals surface area contributed by atoms with E-state index in [1.165, 1.54) is 0 Å². The zero-order chi connectivity index (χ0) is 13.9. The first-order chi connectivity index (χ1) is 8.96. The minimum atomic E-state index is -0.530. The summed E-state index contributed by atoms with van der Waals surface area (Å²) >= 11 is 0. The Hall–Kier alpha value is -1.20. The molecule has 2 heterocycles. The lowest BCUT2D eigenvalue weighted by Crippen LogP contribution is -2.43. The van der Waals surface area contributed by atoms with Crippen molar-refractivity contribution >= 4 is 5.95 Å². The number of aromatic nitrogens is 2. The average molecular weight is 264 g/mol. The molecule has 2 rings (SSSR count). The molecule has 0 radical (unpaired) electrons. The number of piperidine rings is 1. The van der Waals surface area contributed by atoms with E-state index >= 15 is 0 Å². The molecular weight excluding hydrogens is 240 g/mol. The second-order valence-corrected chi connectivity index (χ2v) is 5.91. The first-order valence-electron chi connectivity index (χ1n) is 6.98. The second kappa shape index (κ2) is 5.84. The molecule has 0 atom stereocenters. The molecule has 1 saturated heterocycles. The summed E-state index contributed by atoms with van der Waals surface area (Å²) in [6.07, 6.45) is 5.30. The second-order valence-electron chi connectivity index (χ2n) is 5.91. The molecule has 1 aliphatic heterocycles. The van der Waals surface area contributed by atoms with Gasteiger partial charge in [0, 0.05) is 43.6 Å². The van der Waals surface area contributed by atoms with Gasteiger partial charge in [-0.1, -0.05) is 13.8 Å². The summed E-state index contributed by atoms with van der Waals surface area (Å²) in [6, 6.07) is 0.462. The van der Waals surface area contributed by atoms with Crippen LogP contribution in [0.5, 0.6) is 0 Å². The van der Waals surface area contributed by atoms with Crippen molar-refractivity contribution in [2.24, 2.45) is 0 Å². The Balaban J connectivity index is 1.92. The number of nitrogens with zero attached hydrogens (tertiary/aromatic N) is 3. The quantitative estimate of drug-likeness (QED) is 0.859. The molecule has 5 nitrogen and oxygen atoms in total. The lowest BCUT2D eigenvalue weighted by Gasteiger charge is -2.35. The van der Waals surface area contributed by atoms with Crippen LogP contribution in [-0.2, 0) is 6.54 Å². The van der Waals surface area contributed by atoms with Crippen molar-refractivity contribution in [1.82, 2.24) is 15.3 Å². The molecule has 1 fully saturated rings. The van der Waals surface area contributed by atoms with Gasteiger partial charge >= 0.3 is 0 Å². The average Bonchev–Trinajstić information content (AvgIpc) is 2.37. The number of anilines is 1. The highest BCUT2D eigenvalue weighted by Crippen LogP contribution is 2.23. The first kappa shape index (κ1) is 14.2. The first-order valence-corrected chi connectivity index (χ1v) is 6.98. The van der Waals surface area contributed by atoms with Gasteiger partial charge in [-0.05, 0) is 19.8 Å². The van der Waals surface area contributed by atoms with Gasteiger partial charge in [0.1, 0.15) is 0 Å². The molecule has 0 amide bonds. The van der Waals surface area contributed by atoms with Crippen molar-refractivity contribution < 1.29 is 5.11 Å². The third-order valence-corrected chi connectivity index (χ3v) is 3.53. The lowest BCUT2D eigenvalue weighted by atomic mass is 9.94. The normalized spacial score (nSPS) is 18.9. The lowest BCUT2D eigenvalue weighted by molar-refractivity contribution is 0.0349. The summed E-state index contributed by atoms with van der Waals surface area (Å²) in [5.74, 6) is 0.767. The Morgan fingerprint density at radius 3 is 2.42 bits per heavy atom. The summed E-state index contributed by atoms with van der Waals surface area (Å²) in [4.78, 5) is 11.0. The maximum absolute atomic E-state index is 9.93. The van der Waals surface area contributed by atoms with E-state index in [0.717, 1.165) is 44.0 Å². The molecule has 1 aromatic rings.